The Labute approximate surface area is 111 Å². The number of ether oxygens (including phenoxy) is 1. The lowest BCUT2D eigenvalue weighted by atomic mass is 10.0. The summed E-state index contributed by atoms with van der Waals surface area (Å²) in [5.74, 6) is 0.0688. The van der Waals surface area contributed by atoms with Gasteiger partial charge >= 0.3 is 0 Å². The van der Waals surface area contributed by atoms with Crippen molar-refractivity contribution in [2.24, 2.45) is 0 Å². The second-order valence-corrected chi connectivity index (χ2v) is 4.79. The average molecular weight is 257 g/mol. The van der Waals surface area contributed by atoms with E-state index < -0.39 is 0 Å². The molecule has 0 aliphatic carbocycles. The normalized spacial score (nSPS) is 13.5. The highest BCUT2D eigenvalue weighted by Gasteiger charge is 2.29. The second kappa shape index (κ2) is 4.55. The van der Waals surface area contributed by atoms with Crippen molar-refractivity contribution in [3.8, 4) is 5.75 Å². The first-order chi connectivity index (χ1) is 9.18. The molecule has 98 valence electrons. The Morgan fingerprint density at radius 3 is 2.63 bits per heavy atom. The predicted molar refractivity (Wildman–Crippen MR) is 69.5 cm³/mol. The summed E-state index contributed by atoms with van der Waals surface area (Å²) in [6.45, 7) is 2.41. The van der Waals surface area contributed by atoms with Crippen LogP contribution in [0.3, 0.4) is 0 Å². The maximum Gasteiger partial charge on any atom is 0.232 e. The van der Waals surface area contributed by atoms with Crippen molar-refractivity contribution in [1.29, 1.82) is 0 Å². The van der Waals surface area contributed by atoms with Crippen LogP contribution in [0, 0.1) is 12.1 Å². The number of nitrogens with zero attached hydrogens (tertiary/aromatic N) is 1. The van der Waals surface area contributed by atoms with Crippen molar-refractivity contribution in [1.82, 2.24) is 0 Å². The number of fused-ring (bicyclic) bond motifs is 1. The molecule has 4 heteroatoms. The Bertz CT molecular complexity index is 623. The Hall–Kier alpha value is -2.07. The highest BCUT2D eigenvalue weighted by atomic mass is 16.5. The molecule has 0 amide bonds. The Balaban J connectivity index is 2.11. The van der Waals surface area contributed by atoms with E-state index in [1.807, 2.05) is 30.3 Å². The molecule has 0 unspecified atom stereocenters. The number of hydrogen-bond donors (Lipinski definition) is 1. The van der Waals surface area contributed by atoms with Gasteiger partial charge in [0, 0.05) is 12.5 Å². The molecule has 1 aromatic heterocycles. The van der Waals surface area contributed by atoms with Crippen LogP contribution in [-0.2, 0) is 24.4 Å². The number of hydrogen-bond acceptors (Lipinski definition) is 3. The van der Waals surface area contributed by atoms with Gasteiger partial charge in [-0.3, -0.25) is 0 Å². The lowest BCUT2D eigenvalue weighted by Gasteiger charge is -2.13. The molecule has 1 aromatic carbocycles. The van der Waals surface area contributed by atoms with E-state index in [9.17, 15) is 10.3 Å². The molecule has 0 bridgehead atoms. The lowest BCUT2D eigenvalue weighted by Crippen LogP contribution is -2.37. The van der Waals surface area contributed by atoms with Gasteiger partial charge in [-0.2, -0.15) is 4.73 Å². The zero-order valence-corrected chi connectivity index (χ0v) is 10.7. The molecular weight excluding hydrogens is 242 g/mol. The van der Waals surface area contributed by atoms with Gasteiger partial charge in [-0.15, -0.1) is 0 Å². The molecule has 0 fully saturated rings. The van der Waals surface area contributed by atoms with E-state index in [0.717, 1.165) is 21.4 Å². The van der Waals surface area contributed by atoms with Gasteiger partial charge < -0.3 is 15.1 Å². The molecule has 1 aliphatic heterocycles. The maximum absolute atomic E-state index is 12.3. The largest absolute Gasteiger partial charge is 0.618 e. The van der Waals surface area contributed by atoms with Crippen LogP contribution in [0.5, 0.6) is 5.75 Å². The smallest absolute Gasteiger partial charge is 0.232 e. The maximum atomic E-state index is 12.3. The van der Waals surface area contributed by atoms with Crippen molar-refractivity contribution in [2.45, 2.75) is 26.6 Å². The molecule has 2 aromatic rings. The summed E-state index contributed by atoms with van der Waals surface area (Å²) in [6.07, 6.45) is 0.553. The van der Waals surface area contributed by atoms with Crippen molar-refractivity contribution in [2.75, 3.05) is 0 Å². The van der Waals surface area contributed by atoms with E-state index in [1.54, 1.807) is 6.92 Å². The van der Waals surface area contributed by atoms with Gasteiger partial charge in [-0.25, -0.2) is 0 Å². The number of aromatic nitrogens is 1. The van der Waals surface area contributed by atoms with Crippen LogP contribution < -0.4 is 4.73 Å². The Morgan fingerprint density at radius 1 is 1.21 bits per heavy atom. The SMILES string of the molecule is Cc1c(O)c2c(c(Cc3ccccc3)[n+]1[O-])COC2. The second-order valence-electron chi connectivity index (χ2n) is 4.79. The van der Waals surface area contributed by atoms with Crippen LogP contribution in [0.1, 0.15) is 28.1 Å². The first-order valence-corrected chi connectivity index (χ1v) is 6.26. The molecular formula is C15H15NO3. The number of benzene rings is 1. The van der Waals surface area contributed by atoms with Gasteiger partial charge in [-0.05, 0) is 5.56 Å². The fourth-order valence-corrected chi connectivity index (χ4v) is 2.51. The van der Waals surface area contributed by atoms with Crippen LogP contribution in [0.2, 0.25) is 0 Å². The van der Waals surface area contributed by atoms with Crippen LogP contribution in [0.15, 0.2) is 30.3 Å². The summed E-state index contributed by atoms with van der Waals surface area (Å²) in [4.78, 5) is 0. The Kier molecular flexibility index (Phi) is 2.87. The zero-order valence-electron chi connectivity index (χ0n) is 10.7. The van der Waals surface area contributed by atoms with Gasteiger partial charge in [-0.1, -0.05) is 30.3 Å². The van der Waals surface area contributed by atoms with Crippen LogP contribution in [0.4, 0.5) is 0 Å². The van der Waals surface area contributed by atoms with Gasteiger partial charge in [0.2, 0.25) is 11.4 Å². The summed E-state index contributed by atoms with van der Waals surface area (Å²) in [5, 5.41) is 22.2. The minimum absolute atomic E-state index is 0.0688. The lowest BCUT2D eigenvalue weighted by molar-refractivity contribution is -0.621. The summed E-state index contributed by atoms with van der Waals surface area (Å²) in [6, 6.07) is 9.84. The zero-order chi connectivity index (χ0) is 13.4. The summed E-state index contributed by atoms with van der Waals surface area (Å²) in [7, 11) is 0. The predicted octanol–water partition coefficient (Wildman–Crippen LogP) is 1.96. The van der Waals surface area contributed by atoms with Gasteiger partial charge in [0.25, 0.3) is 0 Å². The van der Waals surface area contributed by atoms with Crippen molar-refractivity contribution < 1.29 is 14.6 Å². The number of pyridine rings is 1. The topological polar surface area (TPSA) is 56.4 Å². The fraction of sp³-hybridized carbons (Fsp3) is 0.267. The summed E-state index contributed by atoms with van der Waals surface area (Å²) in [5.41, 5.74) is 3.69. The molecule has 0 spiro atoms. The van der Waals surface area contributed by atoms with Crippen LogP contribution in [0.25, 0.3) is 0 Å². The van der Waals surface area contributed by atoms with Gasteiger partial charge in [0.15, 0.2) is 5.75 Å². The standard InChI is InChI=1S/C15H15NO3/c1-10-15(17)13-9-19-8-12(13)14(16(10)18)7-11-5-3-2-4-6-11/h2-6,17H,7-9H2,1H3. The van der Waals surface area contributed by atoms with E-state index in [4.69, 9.17) is 4.74 Å². The van der Waals surface area contributed by atoms with E-state index in [2.05, 4.69) is 0 Å². The van der Waals surface area contributed by atoms with Crippen LogP contribution in [-0.4, -0.2) is 5.11 Å². The van der Waals surface area contributed by atoms with Crippen molar-refractivity contribution in [3.05, 3.63) is 63.6 Å². The van der Waals surface area contributed by atoms with Crippen molar-refractivity contribution in [3.63, 3.8) is 0 Å². The number of aromatic hydroxyl groups is 1. The van der Waals surface area contributed by atoms with E-state index in [1.165, 1.54) is 0 Å². The molecule has 0 saturated carbocycles. The summed E-state index contributed by atoms with van der Waals surface area (Å²) >= 11 is 0. The van der Waals surface area contributed by atoms with Gasteiger partial charge in [0.1, 0.15) is 0 Å². The highest BCUT2D eigenvalue weighted by Crippen LogP contribution is 2.32. The molecule has 0 radical (unpaired) electrons. The van der Waals surface area contributed by atoms with E-state index >= 15 is 0 Å². The van der Waals surface area contributed by atoms with Gasteiger partial charge in [0.05, 0.1) is 25.2 Å². The molecule has 1 N–H and O–H groups in total. The average Bonchev–Trinajstić information content (AvgIpc) is 2.92. The molecule has 1 aliphatic rings. The molecule has 3 rings (SSSR count). The van der Waals surface area contributed by atoms with E-state index in [0.29, 0.717) is 31.0 Å². The third kappa shape index (κ3) is 1.94. The third-order valence-corrected chi connectivity index (χ3v) is 3.60. The minimum atomic E-state index is 0.0688. The molecule has 0 saturated heterocycles. The van der Waals surface area contributed by atoms with Crippen molar-refractivity contribution >= 4 is 0 Å². The Morgan fingerprint density at radius 2 is 1.89 bits per heavy atom. The third-order valence-electron chi connectivity index (χ3n) is 3.60. The molecule has 19 heavy (non-hydrogen) atoms. The highest BCUT2D eigenvalue weighted by molar-refractivity contribution is 5.43. The fourth-order valence-electron chi connectivity index (χ4n) is 2.51. The van der Waals surface area contributed by atoms with E-state index in [-0.39, 0.29) is 5.75 Å². The monoisotopic (exact) mass is 257 g/mol. The molecule has 0 atom stereocenters. The van der Waals surface area contributed by atoms with Crippen LogP contribution >= 0.6 is 0 Å². The summed E-state index contributed by atoms with van der Waals surface area (Å²) < 4.78 is 6.20. The quantitative estimate of drug-likeness (QED) is 0.661. The molecule has 2 heterocycles. The first kappa shape index (κ1) is 12.0. The number of rotatable bonds is 2. The minimum Gasteiger partial charge on any atom is -0.618 e. The molecule has 4 nitrogen and oxygen atoms in total. The first-order valence-electron chi connectivity index (χ1n) is 6.26.